The van der Waals surface area contributed by atoms with Crippen LogP contribution >= 0.6 is 11.8 Å². The lowest BCUT2D eigenvalue weighted by molar-refractivity contribution is 0.479. The predicted octanol–water partition coefficient (Wildman–Crippen LogP) is 0.890. The number of aromatic amines is 1. The van der Waals surface area contributed by atoms with Gasteiger partial charge >= 0.3 is 5.69 Å². The average Bonchev–Trinajstić information content (AvgIpc) is 3.14. The Balaban J connectivity index is 1.95. The second-order valence-electron chi connectivity index (χ2n) is 4.70. The Bertz CT molecular complexity index is 512. The van der Waals surface area contributed by atoms with E-state index in [1.54, 1.807) is 11.6 Å². The molecule has 7 heteroatoms. The van der Waals surface area contributed by atoms with E-state index in [-0.39, 0.29) is 5.69 Å². The van der Waals surface area contributed by atoms with Crippen LogP contribution in [-0.4, -0.2) is 33.1 Å². The van der Waals surface area contributed by atoms with Gasteiger partial charge in [0, 0.05) is 11.8 Å². The van der Waals surface area contributed by atoms with Crippen molar-refractivity contribution in [2.75, 3.05) is 12.8 Å². The van der Waals surface area contributed by atoms with Crippen molar-refractivity contribution in [1.82, 2.24) is 20.1 Å². The number of nitrogens with zero attached hydrogens (tertiary/aromatic N) is 3. The lowest BCUT2D eigenvalue weighted by Gasteiger charge is -2.19. The third-order valence-corrected chi connectivity index (χ3v) is 4.17. The van der Waals surface area contributed by atoms with Crippen LogP contribution in [0.2, 0.25) is 0 Å². The smallest absolute Gasteiger partial charge is 0.303 e. The number of nitriles is 1. The van der Waals surface area contributed by atoms with Crippen molar-refractivity contribution in [2.24, 2.45) is 0 Å². The Labute approximate surface area is 110 Å². The molecule has 0 spiro atoms. The molecule has 0 aliphatic heterocycles. The second-order valence-corrected chi connectivity index (χ2v) is 5.77. The molecule has 1 aliphatic carbocycles. The van der Waals surface area contributed by atoms with Crippen LogP contribution in [-0.2, 0) is 0 Å². The molecule has 98 valence electrons. The van der Waals surface area contributed by atoms with Gasteiger partial charge in [-0.1, -0.05) is 11.8 Å². The molecule has 1 atom stereocenters. The van der Waals surface area contributed by atoms with Crippen LogP contribution in [0.15, 0.2) is 9.95 Å². The van der Waals surface area contributed by atoms with E-state index < -0.39 is 5.54 Å². The van der Waals surface area contributed by atoms with Gasteiger partial charge < -0.3 is 5.32 Å². The van der Waals surface area contributed by atoms with Crippen molar-refractivity contribution < 1.29 is 0 Å². The molecular weight excluding hydrogens is 250 g/mol. The van der Waals surface area contributed by atoms with Crippen LogP contribution in [0, 0.1) is 11.3 Å². The van der Waals surface area contributed by atoms with Gasteiger partial charge in [0.25, 0.3) is 0 Å². The largest absolute Gasteiger partial charge is 0.344 e. The van der Waals surface area contributed by atoms with E-state index in [9.17, 15) is 4.79 Å². The van der Waals surface area contributed by atoms with Crippen molar-refractivity contribution in [1.29, 1.82) is 5.26 Å². The predicted molar refractivity (Wildman–Crippen MR) is 69.5 cm³/mol. The Kier molecular flexibility index (Phi) is 3.78. The van der Waals surface area contributed by atoms with Crippen LogP contribution in [0.1, 0.15) is 32.2 Å². The minimum absolute atomic E-state index is 0.128. The van der Waals surface area contributed by atoms with Gasteiger partial charge in [0.15, 0.2) is 5.16 Å². The van der Waals surface area contributed by atoms with E-state index >= 15 is 0 Å². The maximum atomic E-state index is 11.6. The van der Waals surface area contributed by atoms with Crippen molar-refractivity contribution in [3.63, 3.8) is 0 Å². The molecule has 2 rings (SSSR count). The average molecular weight is 267 g/mol. The van der Waals surface area contributed by atoms with Gasteiger partial charge in [0.05, 0.1) is 6.07 Å². The normalized spacial score (nSPS) is 18.3. The molecule has 1 fully saturated rings. The molecule has 6 nitrogen and oxygen atoms in total. The molecule has 1 unspecified atom stereocenters. The Hall–Kier alpha value is -1.26. The summed E-state index contributed by atoms with van der Waals surface area (Å²) in [5.74, 6) is 0.752. The Morgan fingerprint density at radius 3 is 3.00 bits per heavy atom. The SMILES string of the molecule is CNC(C)(C#N)CCSc1n[nH]c(=O)n1C1CC1. The quantitative estimate of drug-likeness (QED) is 0.747. The maximum Gasteiger partial charge on any atom is 0.344 e. The summed E-state index contributed by atoms with van der Waals surface area (Å²) in [5.41, 5.74) is -0.648. The number of rotatable bonds is 6. The van der Waals surface area contributed by atoms with Gasteiger partial charge in [-0.25, -0.2) is 9.89 Å². The highest BCUT2D eigenvalue weighted by molar-refractivity contribution is 7.99. The highest BCUT2D eigenvalue weighted by atomic mass is 32.2. The number of hydrogen-bond donors (Lipinski definition) is 2. The zero-order valence-corrected chi connectivity index (χ0v) is 11.4. The molecular formula is C11H17N5OS. The summed E-state index contributed by atoms with van der Waals surface area (Å²) in [6, 6.07) is 2.57. The van der Waals surface area contributed by atoms with Crippen LogP contribution in [0.25, 0.3) is 0 Å². The molecule has 2 N–H and O–H groups in total. The fourth-order valence-corrected chi connectivity index (χ4v) is 2.80. The van der Waals surface area contributed by atoms with Crippen molar-refractivity contribution in [3.05, 3.63) is 10.5 Å². The van der Waals surface area contributed by atoms with Crippen molar-refractivity contribution in [2.45, 2.75) is 42.9 Å². The second kappa shape index (κ2) is 5.16. The van der Waals surface area contributed by atoms with Gasteiger partial charge in [-0.05, 0) is 33.2 Å². The van der Waals surface area contributed by atoms with Crippen molar-refractivity contribution >= 4 is 11.8 Å². The van der Waals surface area contributed by atoms with Crippen LogP contribution < -0.4 is 11.0 Å². The van der Waals surface area contributed by atoms with E-state index in [1.165, 1.54) is 11.8 Å². The number of thioether (sulfide) groups is 1. The Morgan fingerprint density at radius 2 is 2.44 bits per heavy atom. The number of hydrogen-bond acceptors (Lipinski definition) is 5. The third kappa shape index (κ3) is 2.76. The third-order valence-electron chi connectivity index (χ3n) is 3.22. The lowest BCUT2D eigenvalue weighted by atomic mass is 10.0. The first-order chi connectivity index (χ1) is 8.59. The maximum absolute atomic E-state index is 11.6. The molecule has 0 saturated heterocycles. The molecule has 0 radical (unpaired) electrons. The first kappa shape index (κ1) is 13.2. The molecule has 1 aromatic heterocycles. The van der Waals surface area contributed by atoms with E-state index in [0.29, 0.717) is 12.5 Å². The van der Waals surface area contributed by atoms with Crippen LogP contribution in [0.3, 0.4) is 0 Å². The summed E-state index contributed by atoms with van der Waals surface area (Å²) in [7, 11) is 1.78. The molecule has 1 aromatic rings. The topological polar surface area (TPSA) is 86.5 Å². The summed E-state index contributed by atoms with van der Waals surface area (Å²) < 4.78 is 1.73. The Morgan fingerprint density at radius 1 is 1.72 bits per heavy atom. The number of aromatic nitrogens is 3. The molecule has 18 heavy (non-hydrogen) atoms. The van der Waals surface area contributed by atoms with E-state index in [4.69, 9.17) is 5.26 Å². The van der Waals surface area contributed by atoms with E-state index in [2.05, 4.69) is 21.6 Å². The summed E-state index contributed by atoms with van der Waals surface area (Å²) in [4.78, 5) is 11.6. The first-order valence-corrected chi connectivity index (χ1v) is 6.98. The highest BCUT2D eigenvalue weighted by Gasteiger charge is 2.29. The monoisotopic (exact) mass is 267 g/mol. The zero-order valence-electron chi connectivity index (χ0n) is 10.6. The van der Waals surface area contributed by atoms with E-state index in [0.717, 1.165) is 23.8 Å². The summed E-state index contributed by atoms with van der Waals surface area (Å²) >= 11 is 1.52. The van der Waals surface area contributed by atoms with Gasteiger partial charge in [-0.15, -0.1) is 5.10 Å². The summed E-state index contributed by atoms with van der Waals surface area (Å²) in [6.07, 6.45) is 2.81. The molecule has 0 bridgehead atoms. The number of nitrogens with one attached hydrogen (secondary N) is 2. The number of H-pyrrole nitrogens is 1. The van der Waals surface area contributed by atoms with Gasteiger partial charge in [0.2, 0.25) is 0 Å². The molecule has 0 aromatic carbocycles. The molecule has 1 saturated carbocycles. The van der Waals surface area contributed by atoms with Crippen LogP contribution in [0.4, 0.5) is 0 Å². The fraction of sp³-hybridized carbons (Fsp3) is 0.727. The summed E-state index contributed by atoms with van der Waals surface area (Å²) in [5, 5.41) is 19.3. The molecule has 0 amide bonds. The molecule has 1 heterocycles. The first-order valence-electron chi connectivity index (χ1n) is 5.99. The molecule has 1 aliphatic rings. The van der Waals surface area contributed by atoms with Gasteiger partial charge in [0.1, 0.15) is 5.54 Å². The van der Waals surface area contributed by atoms with E-state index in [1.807, 2.05) is 6.92 Å². The fourth-order valence-electron chi connectivity index (χ4n) is 1.63. The lowest BCUT2D eigenvalue weighted by Crippen LogP contribution is -2.38. The summed E-state index contributed by atoms with van der Waals surface area (Å²) in [6.45, 7) is 1.87. The van der Waals surface area contributed by atoms with Gasteiger partial charge in [-0.2, -0.15) is 5.26 Å². The zero-order chi connectivity index (χ0) is 13.2. The van der Waals surface area contributed by atoms with Crippen molar-refractivity contribution in [3.8, 4) is 6.07 Å². The standard InChI is InChI=1S/C11H17N5OS/c1-11(7-12,13-2)5-6-18-10-15-14-9(17)16(10)8-3-4-8/h8,13H,3-6H2,1-2H3,(H,14,17). The minimum Gasteiger partial charge on any atom is -0.303 e. The highest BCUT2D eigenvalue weighted by Crippen LogP contribution is 2.36. The minimum atomic E-state index is -0.520. The van der Waals surface area contributed by atoms with Crippen LogP contribution in [0.5, 0.6) is 0 Å². The van der Waals surface area contributed by atoms with Gasteiger partial charge in [-0.3, -0.25) is 4.57 Å².